The molecule has 0 aliphatic heterocycles. The number of ether oxygens (including phenoxy) is 2. The van der Waals surface area contributed by atoms with E-state index in [1.54, 1.807) is 0 Å². The van der Waals surface area contributed by atoms with Gasteiger partial charge in [0, 0.05) is 19.2 Å². The Bertz CT molecular complexity index is 1110. The molecular formula is C22H28F2N4O5. The van der Waals surface area contributed by atoms with Gasteiger partial charge >= 0.3 is 12.3 Å². The molecule has 0 aliphatic rings. The predicted molar refractivity (Wildman–Crippen MR) is 122 cm³/mol. The minimum Gasteiger partial charge on any atom is -0.493 e. The number of methoxy groups -OCH3 is 1. The Morgan fingerprint density at radius 1 is 1.24 bits per heavy atom. The van der Waals surface area contributed by atoms with Crippen molar-refractivity contribution in [3.63, 3.8) is 0 Å². The maximum absolute atomic E-state index is 13.0. The Labute approximate surface area is 189 Å². The van der Waals surface area contributed by atoms with Gasteiger partial charge in [-0.25, -0.2) is 4.79 Å². The Morgan fingerprint density at radius 2 is 1.97 bits per heavy atom. The number of alkyl halides is 2. The second-order valence-electron chi connectivity index (χ2n) is 7.11. The van der Waals surface area contributed by atoms with Crippen LogP contribution in [0.1, 0.15) is 38.7 Å². The van der Waals surface area contributed by atoms with Crippen LogP contribution in [-0.4, -0.2) is 35.7 Å². The van der Waals surface area contributed by atoms with Gasteiger partial charge in [0.2, 0.25) is 0 Å². The lowest BCUT2D eigenvalue weighted by molar-refractivity contribution is -0.114. The number of nitrogens with zero attached hydrogens (tertiary/aromatic N) is 2. The number of rotatable bonds is 11. The molecule has 0 saturated carbocycles. The zero-order valence-electron chi connectivity index (χ0n) is 18.8. The molecule has 0 saturated heterocycles. The molecule has 2 rings (SSSR count). The monoisotopic (exact) mass is 466 g/mol. The van der Waals surface area contributed by atoms with E-state index in [2.05, 4.69) is 9.72 Å². The lowest BCUT2D eigenvalue weighted by Gasteiger charge is -2.23. The molecule has 3 N–H and O–H groups in total. The second-order valence-corrected chi connectivity index (χ2v) is 7.11. The first-order valence-corrected chi connectivity index (χ1v) is 10.5. The second kappa shape index (κ2) is 11.8. The summed E-state index contributed by atoms with van der Waals surface area (Å²) in [6.45, 7) is 1.27. The SMILES string of the molecule is CCCCN(C(=O)C=Cc1ccc(OC(F)F)c(OC)c1)c1c(N)n(CCC)c(=O)[nH]c1=O. The topological polar surface area (TPSA) is 120 Å². The number of aromatic amines is 1. The normalized spacial score (nSPS) is 11.2. The molecule has 0 radical (unpaired) electrons. The van der Waals surface area contributed by atoms with Gasteiger partial charge in [0.15, 0.2) is 17.2 Å². The Hall–Kier alpha value is -3.63. The van der Waals surface area contributed by atoms with Crippen molar-refractivity contribution in [1.82, 2.24) is 9.55 Å². The van der Waals surface area contributed by atoms with Crippen LogP contribution in [-0.2, 0) is 11.3 Å². The molecule has 1 aromatic heterocycles. The predicted octanol–water partition coefficient (Wildman–Crippen LogP) is 2.99. The molecule has 1 amide bonds. The third-order valence-electron chi connectivity index (χ3n) is 4.75. The number of nitrogens with one attached hydrogen (secondary N) is 1. The summed E-state index contributed by atoms with van der Waals surface area (Å²) in [5.41, 5.74) is 5.11. The van der Waals surface area contributed by atoms with E-state index in [1.807, 2.05) is 13.8 Å². The van der Waals surface area contributed by atoms with Gasteiger partial charge in [0.05, 0.1) is 7.11 Å². The molecular weight excluding hydrogens is 438 g/mol. The third-order valence-corrected chi connectivity index (χ3v) is 4.75. The van der Waals surface area contributed by atoms with Gasteiger partial charge in [0.1, 0.15) is 5.82 Å². The molecule has 0 fully saturated rings. The molecule has 0 unspecified atom stereocenters. The number of nitrogens with two attached hydrogens (primary N) is 1. The van der Waals surface area contributed by atoms with Gasteiger partial charge < -0.3 is 20.1 Å². The molecule has 0 aliphatic carbocycles. The number of unbranched alkanes of at least 4 members (excludes halogenated alkanes) is 1. The lowest BCUT2D eigenvalue weighted by Crippen LogP contribution is -2.41. The molecule has 2 aromatic rings. The summed E-state index contributed by atoms with van der Waals surface area (Å²) in [4.78, 5) is 41.1. The largest absolute Gasteiger partial charge is 0.493 e. The number of anilines is 2. The standard InChI is InChI=1S/C22H28F2N4O5/c1-4-6-12-27(18-19(25)28(11-5-2)22(31)26-20(18)30)17(29)10-8-14-7-9-15(33-21(23)24)16(13-14)32-3/h7-10,13,21H,4-6,11-12,25H2,1-3H3,(H,26,30,31). The molecule has 1 aromatic carbocycles. The van der Waals surface area contributed by atoms with Crippen molar-refractivity contribution >= 4 is 23.5 Å². The summed E-state index contributed by atoms with van der Waals surface area (Å²) in [7, 11) is 1.30. The minimum absolute atomic E-state index is 0.0695. The number of benzene rings is 1. The molecule has 0 bridgehead atoms. The summed E-state index contributed by atoms with van der Waals surface area (Å²) in [6, 6.07) is 4.21. The van der Waals surface area contributed by atoms with E-state index in [1.165, 1.54) is 46.9 Å². The van der Waals surface area contributed by atoms with E-state index in [9.17, 15) is 23.2 Å². The van der Waals surface area contributed by atoms with Gasteiger partial charge in [-0.3, -0.25) is 19.1 Å². The van der Waals surface area contributed by atoms with E-state index in [-0.39, 0.29) is 36.1 Å². The number of carbonyl (C=O) groups is 1. The fourth-order valence-corrected chi connectivity index (χ4v) is 3.17. The van der Waals surface area contributed by atoms with E-state index >= 15 is 0 Å². The van der Waals surface area contributed by atoms with Crippen molar-refractivity contribution in [2.75, 3.05) is 24.3 Å². The van der Waals surface area contributed by atoms with Crippen molar-refractivity contribution < 1.29 is 23.0 Å². The quantitative estimate of drug-likeness (QED) is 0.492. The Morgan fingerprint density at radius 3 is 2.58 bits per heavy atom. The highest BCUT2D eigenvalue weighted by molar-refractivity contribution is 6.05. The number of aromatic nitrogens is 2. The molecule has 1 heterocycles. The van der Waals surface area contributed by atoms with Gasteiger partial charge in [-0.1, -0.05) is 26.3 Å². The van der Waals surface area contributed by atoms with Crippen LogP contribution in [0.25, 0.3) is 6.08 Å². The van der Waals surface area contributed by atoms with Gasteiger partial charge in [0.25, 0.3) is 11.5 Å². The molecule has 9 nitrogen and oxygen atoms in total. The third kappa shape index (κ3) is 6.43. The summed E-state index contributed by atoms with van der Waals surface area (Å²) >= 11 is 0. The molecule has 11 heteroatoms. The fourth-order valence-electron chi connectivity index (χ4n) is 3.17. The average Bonchev–Trinajstić information content (AvgIpc) is 2.77. The summed E-state index contributed by atoms with van der Waals surface area (Å²) in [6.07, 6.45) is 4.63. The summed E-state index contributed by atoms with van der Waals surface area (Å²) in [5, 5.41) is 0. The van der Waals surface area contributed by atoms with Crippen molar-refractivity contribution in [3.8, 4) is 11.5 Å². The maximum atomic E-state index is 13.0. The van der Waals surface area contributed by atoms with E-state index in [0.717, 1.165) is 6.42 Å². The number of hydrogen-bond donors (Lipinski definition) is 2. The summed E-state index contributed by atoms with van der Waals surface area (Å²) < 4.78 is 35.7. The highest BCUT2D eigenvalue weighted by Gasteiger charge is 2.22. The lowest BCUT2D eigenvalue weighted by atomic mass is 10.1. The number of carbonyl (C=O) groups excluding carboxylic acids is 1. The van der Waals surface area contributed by atoms with Crippen molar-refractivity contribution in [2.45, 2.75) is 46.3 Å². The molecule has 180 valence electrons. The van der Waals surface area contributed by atoms with Crippen molar-refractivity contribution in [2.24, 2.45) is 0 Å². The van der Waals surface area contributed by atoms with E-state index in [4.69, 9.17) is 10.5 Å². The van der Waals surface area contributed by atoms with Crippen LogP contribution in [0.3, 0.4) is 0 Å². The number of amides is 1. The highest BCUT2D eigenvalue weighted by atomic mass is 19.3. The maximum Gasteiger partial charge on any atom is 0.387 e. The van der Waals surface area contributed by atoms with Crippen LogP contribution >= 0.6 is 0 Å². The highest BCUT2D eigenvalue weighted by Crippen LogP contribution is 2.30. The van der Waals surface area contributed by atoms with Crippen LogP contribution < -0.4 is 31.4 Å². The zero-order chi connectivity index (χ0) is 24.5. The zero-order valence-corrected chi connectivity index (χ0v) is 18.8. The van der Waals surface area contributed by atoms with Crippen LogP contribution in [0.2, 0.25) is 0 Å². The van der Waals surface area contributed by atoms with E-state index in [0.29, 0.717) is 18.4 Å². The first-order chi connectivity index (χ1) is 15.7. The smallest absolute Gasteiger partial charge is 0.387 e. The Kier molecular flexibility index (Phi) is 9.19. The first-order valence-electron chi connectivity index (χ1n) is 10.5. The number of H-pyrrole nitrogens is 1. The van der Waals surface area contributed by atoms with Crippen molar-refractivity contribution in [1.29, 1.82) is 0 Å². The molecule has 0 atom stereocenters. The first kappa shape index (κ1) is 25.6. The molecule has 33 heavy (non-hydrogen) atoms. The number of halogens is 2. The van der Waals surface area contributed by atoms with Crippen LogP contribution in [0, 0.1) is 0 Å². The van der Waals surface area contributed by atoms with Gasteiger partial charge in [-0.2, -0.15) is 8.78 Å². The summed E-state index contributed by atoms with van der Waals surface area (Å²) in [5.74, 6) is -0.689. The number of hydrogen-bond acceptors (Lipinski definition) is 6. The fraction of sp³-hybridized carbons (Fsp3) is 0.409. The van der Waals surface area contributed by atoms with Crippen LogP contribution in [0.15, 0.2) is 33.9 Å². The molecule has 0 spiro atoms. The van der Waals surface area contributed by atoms with Gasteiger partial charge in [-0.05, 0) is 36.6 Å². The van der Waals surface area contributed by atoms with Crippen molar-refractivity contribution in [3.05, 3.63) is 50.7 Å². The van der Waals surface area contributed by atoms with Gasteiger partial charge in [-0.15, -0.1) is 0 Å². The van der Waals surface area contributed by atoms with Crippen LogP contribution in [0.4, 0.5) is 20.3 Å². The van der Waals surface area contributed by atoms with Crippen LogP contribution in [0.5, 0.6) is 11.5 Å². The minimum atomic E-state index is -3.01. The Balaban J connectivity index is 2.42. The van der Waals surface area contributed by atoms with E-state index < -0.39 is 23.8 Å². The average molecular weight is 466 g/mol. The number of nitrogen functional groups attached to an aromatic ring is 1.